The minimum absolute atomic E-state index is 0.0508. The van der Waals surface area contributed by atoms with Crippen LogP contribution in [0.1, 0.15) is 54.9 Å². The van der Waals surface area contributed by atoms with Gasteiger partial charge in [-0.1, -0.05) is 67.4 Å². The second-order valence-corrected chi connectivity index (χ2v) is 7.78. The molecular weight excluding hydrogens is 372 g/mol. The molecule has 1 N–H and O–H groups in total. The van der Waals surface area contributed by atoms with Crippen molar-refractivity contribution < 1.29 is 14.6 Å². The van der Waals surface area contributed by atoms with Gasteiger partial charge in [-0.25, -0.2) is 4.79 Å². The summed E-state index contributed by atoms with van der Waals surface area (Å²) >= 11 is 0. The van der Waals surface area contributed by atoms with E-state index in [4.69, 9.17) is 4.74 Å². The molecule has 0 heterocycles. The quantitative estimate of drug-likeness (QED) is 0.300. The Kier molecular flexibility index (Phi) is 8.08. The SMILES string of the molecule is CC(CCCCCCc1ccc(-c2ccc(O)cc2)cc1)OC(=O)c1ccccc1. The second-order valence-electron chi connectivity index (χ2n) is 7.78. The van der Waals surface area contributed by atoms with Gasteiger partial charge in [0.2, 0.25) is 0 Å². The van der Waals surface area contributed by atoms with E-state index < -0.39 is 0 Å². The zero-order chi connectivity index (χ0) is 21.2. The van der Waals surface area contributed by atoms with E-state index in [1.165, 1.54) is 12.0 Å². The summed E-state index contributed by atoms with van der Waals surface area (Å²) in [6, 6.07) is 25.1. The van der Waals surface area contributed by atoms with Crippen molar-refractivity contribution in [3.8, 4) is 16.9 Å². The van der Waals surface area contributed by atoms with Gasteiger partial charge in [0, 0.05) is 0 Å². The Hall–Kier alpha value is -3.07. The van der Waals surface area contributed by atoms with Crippen molar-refractivity contribution in [1.29, 1.82) is 0 Å². The van der Waals surface area contributed by atoms with Gasteiger partial charge in [0.15, 0.2) is 0 Å². The lowest BCUT2D eigenvalue weighted by atomic mass is 10.0. The maximum atomic E-state index is 12.0. The van der Waals surface area contributed by atoms with Gasteiger partial charge in [0.25, 0.3) is 0 Å². The number of phenolic OH excluding ortho intramolecular Hbond substituents is 1. The van der Waals surface area contributed by atoms with Crippen molar-refractivity contribution in [2.45, 2.75) is 51.6 Å². The van der Waals surface area contributed by atoms with Crippen LogP contribution in [-0.2, 0) is 11.2 Å². The molecule has 30 heavy (non-hydrogen) atoms. The van der Waals surface area contributed by atoms with Crippen LogP contribution < -0.4 is 0 Å². The van der Waals surface area contributed by atoms with Crippen molar-refractivity contribution in [2.75, 3.05) is 0 Å². The molecule has 0 saturated heterocycles. The third-order valence-corrected chi connectivity index (χ3v) is 5.30. The average Bonchev–Trinajstić information content (AvgIpc) is 2.78. The highest BCUT2D eigenvalue weighted by Gasteiger charge is 2.11. The van der Waals surface area contributed by atoms with E-state index in [2.05, 4.69) is 24.3 Å². The number of aromatic hydroxyl groups is 1. The number of carbonyl (C=O) groups is 1. The minimum atomic E-state index is -0.237. The van der Waals surface area contributed by atoms with Crippen LogP contribution in [0.5, 0.6) is 5.75 Å². The number of aryl methyl sites for hydroxylation is 1. The Balaban J connectivity index is 1.30. The third kappa shape index (κ3) is 6.77. The Bertz CT molecular complexity index is 899. The van der Waals surface area contributed by atoms with E-state index in [9.17, 15) is 9.90 Å². The van der Waals surface area contributed by atoms with Gasteiger partial charge in [0.1, 0.15) is 5.75 Å². The molecule has 0 aliphatic carbocycles. The first-order valence-corrected chi connectivity index (χ1v) is 10.8. The lowest BCUT2D eigenvalue weighted by Gasteiger charge is -2.13. The number of benzene rings is 3. The minimum Gasteiger partial charge on any atom is -0.508 e. The van der Waals surface area contributed by atoms with Crippen molar-refractivity contribution in [2.24, 2.45) is 0 Å². The number of rotatable bonds is 10. The molecule has 3 heteroatoms. The molecule has 1 unspecified atom stereocenters. The Labute approximate surface area is 179 Å². The predicted molar refractivity (Wildman–Crippen MR) is 122 cm³/mol. The standard InChI is InChI=1S/C27H30O3/c1-21(30-27(29)25-11-7-4-8-12-25)9-5-2-3-6-10-22-13-15-23(16-14-22)24-17-19-26(28)20-18-24/h4,7-8,11-21,28H,2-3,5-6,9-10H2,1H3. The molecule has 1 atom stereocenters. The highest BCUT2D eigenvalue weighted by molar-refractivity contribution is 5.89. The van der Waals surface area contributed by atoms with Gasteiger partial charge in [0.05, 0.1) is 11.7 Å². The summed E-state index contributed by atoms with van der Waals surface area (Å²) in [6.07, 6.45) is 6.50. The first-order chi connectivity index (χ1) is 14.6. The molecule has 0 amide bonds. The summed E-state index contributed by atoms with van der Waals surface area (Å²) in [5.74, 6) is 0.0537. The van der Waals surface area contributed by atoms with Crippen molar-refractivity contribution in [3.05, 3.63) is 90.0 Å². The molecule has 0 saturated carbocycles. The molecule has 0 aliphatic rings. The number of hydrogen-bond donors (Lipinski definition) is 1. The van der Waals surface area contributed by atoms with Crippen LogP contribution in [0.15, 0.2) is 78.9 Å². The summed E-state index contributed by atoms with van der Waals surface area (Å²) in [5, 5.41) is 9.40. The number of esters is 1. The molecule has 3 nitrogen and oxygen atoms in total. The van der Waals surface area contributed by atoms with E-state index in [0.717, 1.165) is 43.2 Å². The fourth-order valence-corrected chi connectivity index (χ4v) is 3.52. The van der Waals surface area contributed by atoms with Gasteiger partial charge in [-0.2, -0.15) is 0 Å². The van der Waals surface area contributed by atoms with Crippen LogP contribution in [0.2, 0.25) is 0 Å². The van der Waals surface area contributed by atoms with Crippen LogP contribution in [-0.4, -0.2) is 17.2 Å². The number of ether oxygens (including phenoxy) is 1. The lowest BCUT2D eigenvalue weighted by molar-refractivity contribution is 0.0319. The molecule has 0 fully saturated rings. The fourth-order valence-electron chi connectivity index (χ4n) is 3.52. The predicted octanol–water partition coefficient (Wildman–Crippen LogP) is 6.80. The number of phenols is 1. The summed E-state index contributed by atoms with van der Waals surface area (Å²) < 4.78 is 5.51. The van der Waals surface area contributed by atoms with Crippen LogP contribution in [0.3, 0.4) is 0 Å². The molecule has 0 aliphatic heterocycles. The smallest absolute Gasteiger partial charge is 0.338 e. The van der Waals surface area contributed by atoms with E-state index in [1.54, 1.807) is 24.3 Å². The zero-order valence-electron chi connectivity index (χ0n) is 17.6. The van der Waals surface area contributed by atoms with Crippen molar-refractivity contribution >= 4 is 5.97 Å². The van der Waals surface area contributed by atoms with Gasteiger partial charge >= 0.3 is 5.97 Å². The topological polar surface area (TPSA) is 46.5 Å². The number of hydrogen-bond acceptors (Lipinski definition) is 3. The fraction of sp³-hybridized carbons (Fsp3) is 0.296. The highest BCUT2D eigenvalue weighted by atomic mass is 16.5. The summed E-state index contributed by atoms with van der Waals surface area (Å²) in [4.78, 5) is 12.0. The maximum absolute atomic E-state index is 12.0. The van der Waals surface area contributed by atoms with E-state index in [-0.39, 0.29) is 12.1 Å². The zero-order valence-corrected chi connectivity index (χ0v) is 17.6. The summed E-state index contributed by atoms with van der Waals surface area (Å²) in [6.45, 7) is 1.97. The first-order valence-electron chi connectivity index (χ1n) is 10.8. The van der Waals surface area contributed by atoms with Crippen LogP contribution in [0, 0.1) is 0 Å². The van der Waals surface area contributed by atoms with E-state index in [1.807, 2.05) is 37.3 Å². The lowest BCUT2D eigenvalue weighted by Crippen LogP contribution is -2.14. The molecule has 156 valence electrons. The average molecular weight is 403 g/mol. The van der Waals surface area contributed by atoms with Gasteiger partial charge in [-0.15, -0.1) is 0 Å². The maximum Gasteiger partial charge on any atom is 0.338 e. The molecule has 0 radical (unpaired) electrons. The van der Waals surface area contributed by atoms with E-state index in [0.29, 0.717) is 11.3 Å². The van der Waals surface area contributed by atoms with Crippen LogP contribution >= 0.6 is 0 Å². The third-order valence-electron chi connectivity index (χ3n) is 5.30. The molecule has 3 aromatic rings. The largest absolute Gasteiger partial charge is 0.508 e. The van der Waals surface area contributed by atoms with Crippen LogP contribution in [0.4, 0.5) is 0 Å². The second kappa shape index (κ2) is 11.2. The first kappa shape index (κ1) is 21.6. The number of unbranched alkanes of at least 4 members (excludes halogenated alkanes) is 3. The van der Waals surface area contributed by atoms with Gasteiger partial charge in [-0.3, -0.25) is 0 Å². The Morgan fingerprint density at radius 3 is 2.07 bits per heavy atom. The van der Waals surface area contributed by atoms with E-state index >= 15 is 0 Å². The molecule has 0 bridgehead atoms. The summed E-state index contributed by atoms with van der Waals surface area (Å²) in [5.41, 5.74) is 4.24. The molecular formula is C27H30O3. The van der Waals surface area contributed by atoms with Crippen molar-refractivity contribution in [1.82, 2.24) is 0 Å². The summed E-state index contributed by atoms with van der Waals surface area (Å²) in [7, 11) is 0. The molecule has 0 aromatic heterocycles. The molecule has 3 rings (SSSR count). The Morgan fingerprint density at radius 2 is 1.40 bits per heavy atom. The Morgan fingerprint density at radius 1 is 0.800 bits per heavy atom. The van der Waals surface area contributed by atoms with Crippen molar-refractivity contribution in [3.63, 3.8) is 0 Å². The molecule has 0 spiro atoms. The number of carbonyl (C=O) groups excluding carboxylic acids is 1. The molecule has 3 aromatic carbocycles. The van der Waals surface area contributed by atoms with Gasteiger partial charge < -0.3 is 9.84 Å². The van der Waals surface area contributed by atoms with Crippen LogP contribution in [0.25, 0.3) is 11.1 Å². The monoisotopic (exact) mass is 402 g/mol. The highest BCUT2D eigenvalue weighted by Crippen LogP contribution is 2.23. The van der Waals surface area contributed by atoms with Gasteiger partial charge in [-0.05, 0) is 73.6 Å². The normalized spacial score (nSPS) is 11.8.